The van der Waals surface area contributed by atoms with Crippen molar-refractivity contribution >= 4 is 0 Å². The molecule has 29 heavy (non-hydrogen) atoms. The van der Waals surface area contributed by atoms with Gasteiger partial charge in [-0.25, -0.2) is 0 Å². The number of piperidine rings is 1. The predicted octanol–water partition coefficient (Wildman–Crippen LogP) is 4.02. The monoisotopic (exact) mass is 393 g/mol. The van der Waals surface area contributed by atoms with E-state index in [1.54, 1.807) is 7.11 Å². The normalized spacial score (nSPS) is 29.6. The topological polar surface area (TPSA) is 52.9 Å². The highest BCUT2D eigenvalue weighted by Gasteiger charge is 2.54. The van der Waals surface area contributed by atoms with Crippen molar-refractivity contribution < 1.29 is 14.9 Å². The number of aliphatic hydroxyl groups excluding tert-OH is 1. The minimum atomic E-state index is -0.466. The molecule has 1 aliphatic heterocycles. The average Bonchev–Trinajstić information content (AvgIpc) is 2.75. The molecule has 2 aromatic carbocycles. The highest BCUT2D eigenvalue weighted by Crippen LogP contribution is 2.56. The van der Waals surface area contributed by atoms with E-state index in [1.807, 2.05) is 24.3 Å². The molecule has 4 nitrogen and oxygen atoms in total. The zero-order valence-corrected chi connectivity index (χ0v) is 17.2. The largest absolute Gasteiger partial charge is 0.508 e. The second kappa shape index (κ2) is 7.33. The van der Waals surface area contributed by atoms with E-state index in [1.165, 1.54) is 36.8 Å². The molecule has 1 saturated heterocycles. The van der Waals surface area contributed by atoms with Crippen LogP contribution in [0, 0.1) is 5.92 Å². The summed E-state index contributed by atoms with van der Waals surface area (Å²) in [5.74, 6) is 1.81. The lowest BCUT2D eigenvalue weighted by Crippen LogP contribution is -2.63. The van der Waals surface area contributed by atoms with Crippen molar-refractivity contribution in [1.82, 2.24) is 4.90 Å². The molecule has 2 N–H and O–H groups in total. The van der Waals surface area contributed by atoms with E-state index in [0.29, 0.717) is 24.1 Å². The van der Waals surface area contributed by atoms with Gasteiger partial charge in [-0.1, -0.05) is 31.0 Å². The van der Waals surface area contributed by atoms with Gasteiger partial charge in [-0.05, 0) is 72.6 Å². The smallest absolute Gasteiger partial charge is 0.118 e. The number of nitrogens with zero attached hydrogens (tertiary/aromatic N) is 1. The van der Waals surface area contributed by atoms with Crippen molar-refractivity contribution in [2.75, 3.05) is 13.7 Å². The van der Waals surface area contributed by atoms with Gasteiger partial charge in [-0.15, -0.1) is 0 Å². The van der Waals surface area contributed by atoms with Crippen molar-refractivity contribution in [3.05, 3.63) is 59.2 Å². The van der Waals surface area contributed by atoms with Crippen LogP contribution in [0.4, 0.5) is 0 Å². The Bertz CT molecular complexity index is 880. The standard InChI is InChI=1S/C25H31NO3/c1-29-20-9-5-17(6-10-20)14-24(28)26-13-12-25-11-3-2-4-21(25)23(26)15-18-7-8-19(27)16-22(18)25/h5-10,16,21,23-24,27-28H,2-4,11-15H2,1H3/t21-,23+,24?,25-/m0/s1. The number of aliphatic hydroxyl groups is 1. The number of likely N-dealkylation sites (tertiary alicyclic amines) is 1. The second-order valence-electron chi connectivity index (χ2n) is 9.14. The summed E-state index contributed by atoms with van der Waals surface area (Å²) in [6.45, 7) is 0.924. The molecule has 0 amide bonds. The number of methoxy groups -OCH3 is 1. The first-order valence-corrected chi connectivity index (χ1v) is 11.0. The zero-order valence-electron chi connectivity index (χ0n) is 17.2. The molecule has 3 aliphatic rings. The van der Waals surface area contributed by atoms with Gasteiger partial charge in [0, 0.05) is 24.4 Å². The van der Waals surface area contributed by atoms with Crippen LogP contribution in [0.5, 0.6) is 11.5 Å². The highest BCUT2D eigenvalue weighted by atomic mass is 16.5. The average molecular weight is 394 g/mol. The lowest BCUT2D eigenvalue weighted by atomic mass is 9.52. The van der Waals surface area contributed by atoms with Gasteiger partial charge in [0.05, 0.1) is 7.11 Å². The first-order chi connectivity index (χ1) is 14.1. The highest BCUT2D eigenvalue weighted by molar-refractivity contribution is 5.45. The van der Waals surface area contributed by atoms with Gasteiger partial charge in [0.25, 0.3) is 0 Å². The van der Waals surface area contributed by atoms with E-state index in [0.717, 1.165) is 30.7 Å². The van der Waals surface area contributed by atoms with Crippen molar-refractivity contribution in [3.8, 4) is 11.5 Å². The summed E-state index contributed by atoms with van der Waals surface area (Å²) in [5, 5.41) is 21.4. The van der Waals surface area contributed by atoms with Crippen LogP contribution in [-0.4, -0.2) is 41.0 Å². The summed E-state index contributed by atoms with van der Waals surface area (Å²) >= 11 is 0. The SMILES string of the molecule is COc1ccc(CC(O)N2CC[C@@]34CCCC[C@H]3[C@H]2Cc2ccc(O)cc24)cc1. The number of phenolic OH excluding ortho intramolecular Hbond substituents is 1. The first kappa shape index (κ1) is 19.0. The van der Waals surface area contributed by atoms with Crippen LogP contribution in [0.2, 0.25) is 0 Å². The molecule has 4 heteroatoms. The molecule has 1 heterocycles. The van der Waals surface area contributed by atoms with Crippen LogP contribution in [0.1, 0.15) is 48.8 Å². The van der Waals surface area contributed by atoms with Crippen molar-refractivity contribution in [1.29, 1.82) is 0 Å². The third kappa shape index (κ3) is 3.13. The Morgan fingerprint density at radius 3 is 2.76 bits per heavy atom. The fourth-order valence-electron chi connectivity index (χ4n) is 6.48. The number of ether oxygens (including phenoxy) is 1. The molecule has 0 aromatic heterocycles. The Kier molecular flexibility index (Phi) is 4.79. The summed E-state index contributed by atoms with van der Waals surface area (Å²) in [6, 6.07) is 14.4. The Morgan fingerprint density at radius 2 is 1.97 bits per heavy atom. The number of hydrogen-bond donors (Lipinski definition) is 2. The fraction of sp³-hybridized carbons (Fsp3) is 0.520. The quantitative estimate of drug-likeness (QED) is 0.824. The summed E-state index contributed by atoms with van der Waals surface area (Å²) in [6.07, 6.45) is 7.21. The minimum absolute atomic E-state index is 0.186. The van der Waals surface area contributed by atoms with E-state index in [4.69, 9.17) is 4.74 Å². The first-order valence-electron chi connectivity index (χ1n) is 11.0. The molecule has 1 unspecified atom stereocenters. The van der Waals surface area contributed by atoms with Gasteiger partial charge in [0.2, 0.25) is 0 Å². The molecule has 2 fully saturated rings. The van der Waals surface area contributed by atoms with Crippen LogP contribution in [0.15, 0.2) is 42.5 Å². The van der Waals surface area contributed by atoms with E-state index >= 15 is 0 Å². The number of rotatable bonds is 4. The minimum Gasteiger partial charge on any atom is -0.508 e. The van der Waals surface area contributed by atoms with Gasteiger partial charge >= 0.3 is 0 Å². The van der Waals surface area contributed by atoms with Crippen molar-refractivity contribution in [2.24, 2.45) is 5.92 Å². The van der Waals surface area contributed by atoms with Crippen molar-refractivity contribution in [2.45, 2.75) is 62.6 Å². The maximum atomic E-state index is 11.2. The summed E-state index contributed by atoms with van der Waals surface area (Å²) in [5.41, 5.74) is 4.08. The molecular weight excluding hydrogens is 362 g/mol. The Labute approximate surface area is 173 Å². The van der Waals surface area contributed by atoms with Crippen LogP contribution in [0.25, 0.3) is 0 Å². The lowest BCUT2D eigenvalue weighted by Gasteiger charge is -2.59. The summed E-state index contributed by atoms with van der Waals surface area (Å²) in [7, 11) is 1.68. The van der Waals surface area contributed by atoms with E-state index in [9.17, 15) is 10.2 Å². The van der Waals surface area contributed by atoms with Gasteiger partial charge in [-0.2, -0.15) is 0 Å². The number of phenols is 1. The van der Waals surface area contributed by atoms with E-state index < -0.39 is 6.23 Å². The number of aromatic hydroxyl groups is 1. The molecule has 0 radical (unpaired) electrons. The van der Waals surface area contributed by atoms with Gasteiger partial charge in [0.1, 0.15) is 17.7 Å². The van der Waals surface area contributed by atoms with Gasteiger partial charge in [-0.3, -0.25) is 4.90 Å². The molecular formula is C25H31NO3. The molecule has 2 aliphatic carbocycles. The Hall–Kier alpha value is -2.04. The lowest BCUT2D eigenvalue weighted by molar-refractivity contribution is -0.0983. The van der Waals surface area contributed by atoms with Crippen LogP contribution in [0.3, 0.4) is 0 Å². The molecule has 1 saturated carbocycles. The maximum absolute atomic E-state index is 11.2. The Morgan fingerprint density at radius 1 is 1.14 bits per heavy atom. The van der Waals surface area contributed by atoms with Gasteiger partial charge in [0.15, 0.2) is 0 Å². The number of benzene rings is 2. The number of fused-ring (bicyclic) bond motifs is 1. The third-order valence-electron chi connectivity index (χ3n) is 7.82. The van der Waals surface area contributed by atoms with Crippen molar-refractivity contribution in [3.63, 3.8) is 0 Å². The predicted molar refractivity (Wildman–Crippen MR) is 113 cm³/mol. The molecule has 5 rings (SSSR count). The van der Waals surface area contributed by atoms with Crippen LogP contribution < -0.4 is 4.74 Å². The molecule has 2 aromatic rings. The van der Waals surface area contributed by atoms with Crippen LogP contribution in [-0.2, 0) is 18.3 Å². The molecule has 0 spiro atoms. The summed E-state index contributed by atoms with van der Waals surface area (Å²) in [4.78, 5) is 2.37. The van der Waals surface area contributed by atoms with Crippen LogP contribution >= 0.6 is 0 Å². The van der Waals surface area contributed by atoms with E-state index in [2.05, 4.69) is 23.1 Å². The molecule has 4 atom stereocenters. The molecule has 154 valence electrons. The van der Waals surface area contributed by atoms with E-state index in [-0.39, 0.29) is 5.41 Å². The second-order valence-corrected chi connectivity index (χ2v) is 9.14. The Balaban J connectivity index is 1.43. The zero-order chi connectivity index (χ0) is 20.0. The number of hydrogen-bond acceptors (Lipinski definition) is 4. The summed E-state index contributed by atoms with van der Waals surface area (Å²) < 4.78 is 5.25. The maximum Gasteiger partial charge on any atom is 0.118 e. The molecule has 2 bridgehead atoms. The third-order valence-corrected chi connectivity index (χ3v) is 7.82. The van der Waals surface area contributed by atoms with Gasteiger partial charge < -0.3 is 14.9 Å². The fourth-order valence-corrected chi connectivity index (χ4v) is 6.48.